The van der Waals surface area contributed by atoms with Gasteiger partial charge in [0.15, 0.2) is 5.11 Å². The fourth-order valence-corrected chi connectivity index (χ4v) is 4.56. The fraction of sp³-hybridized carbons (Fsp3) is 0.391. The van der Waals surface area contributed by atoms with Crippen LogP contribution in [0.25, 0.3) is 0 Å². The van der Waals surface area contributed by atoms with Crippen LogP contribution < -0.4 is 5.32 Å². The standard InChI is InChI=1S/C23H22F5N3S/c24-17-7-1-14(2-8-17)20-13-31(30-21(20)15-3-9-18(25)10-4-15)22(32)29-19-11-5-16(6-12-19)23(26,27)28/h1-4,7-10,16,19-20H,5-6,11-13H2,(H,29,32). The number of alkyl halides is 3. The second-order valence-corrected chi connectivity index (χ2v) is 8.60. The number of nitrogens with one attached hydrogen (secondary N) is 1. The van der Waals surface area contributed by atoms with Crippen molar-refractivity contribution in [2.75, 3.05) is 6.54 Å². The van der Waals surface area contributed by atoms with E-state index in [4.69, 9.17) is 12.2 Å². The summed E-state index contributed by atoms with van der Waals surface area (Å²) in [4.78, 5) is 0. The quantitative estimate of drug-likeness (QED) is 0.459. The Labute approximate surface area is 188 Å². The minimum Gasteiger partial charge on any atom is -0.358 e. The van der Waals surface area contributed by atoms with Gasteiger partial charge in [0.1, 0.15) is 11.6 Å². The van der Waals surface area contributed by atoms with Gasteiger partial charge in [0.2, 0.25) is 0 Å². The summed E-state index contributed by atoms with van der Waals surface area (Å²) in [6.45, 7) is 0.391. The van der Waals surface area contributed by atoms with E-state index in [0.29, 0.717) is 30.2 Å². The number of halogens is 5. The summed E-state index contributed by atoms with van der Waals surface area (Å²) in [7, 11) is 0. The van der Waals surface area contributed by atoms with Crippen molar-refractivity contribution in [2.24, 2.45) is 11.0 Å². The number of thiocarbonyl (C=S) groups is 1. The summed E-state index contributed by atoms with van der Waals surface area (Å²) < 4.78 is 65.6. The predicted molar refractivity (Wildman–Crippen MR) is 116 cm³/mol. The highest BCUT2D eigenvalue weighted by Gasteiger charge is 2.41. The fourth-order valence-electron chi connectivity index (χ4n) is 4.28. The highest BCUT2D eigenvalue weighted by atomic mass is 32.1. The van der Waals surface area contributed by atoms with Crippen molar-refractivity contribution >= 4 is 23.0 Å². The summed E-state index contributed by atoms with van der Waals surface area (Å²) >= 11 is 5.51. The van der Waals surface area contributed by atoms with Crippen LogP contribution in [0, 0.1) is 17.6 Å². The van der Waals surface area contributed by atoms with Crippen molar-refractivity contribution in [2.45, 2.75) is 43.8 Å². The Morgan fingerprint density at radius 2 is 1.47 bits per heavy atom. The van der Waals surface area contributed by atoms with Gasteiger partial charge in [0.05, 0.1) is 18.2 Å². The minimum atomic E-state index is -4.16. The van der Waals surface area contributed by atoms with Crippen molar-refractivity contribution in [1.29, 1.82) is 0 Å². The number of hydrogen-bond acceptors (Lipinski definition) is 2. The van der Waals surface area contributed by atoms with Crippen molar-refractivity contribution in [3.8, 4) is 0 Å². The van der Waals surface area contributed by atoms with Gasteiger partial charge < -0.3 is 5.32 Å². The molecule has 4 rings (SSSR count). The molecule has 0 saturated heterocycles. The van der Waals surface area contributed by atoms with E-state index in [1.807, 2.05) is 0 Å². The van der Waals surface area contributed by atoms with E-state index in [9.17, 15) is 22.0 Å². The summed E-state index contributed by atoms with van der Waals surface area (Å²) in [5, 5.41) is 9.74. The molecule has 0 spiro atoms. The zero-order valence-electron chi connectivity index (χ0n) is 17.1. The molecule has 32 heavy (non-hydrogen) atoms. The van der Waals surface area contributed by atoms with Gasteiger partial charge in [0.25, 0.3) is 0 Å². The Balaban J connectivity index is 1.49. The number of hydrogen-bond donors (Lipinski definition) is 1. The minimum absolute atomic E-state index is 0.0755. The average Bonchev–Trinajstić information content (AvgIpc) is 3.20. The summed E-state index contributed by atoms with van der Waals surface area (Å²) in [5.41, 5.74) is 2.23. The van der Waals surface area contributed by atoms with Crippen molar-refractivity contribution in [3.05, 3.63) is 71.3 Å². The molecule has 1 aliphatic carbocycles. The summed E-state index contributed by atoms with van der Waals surface area (Å²) in [5.74, 6) is -2.20. The smallest absolute Gasteiger partial charge is 0.358 e. The molecule has 3 nitrogen and oxygen atoms in total. The Morgan fingerprint density at radius 1 is 0.906 bits per heavy atom. The average molecular weight is 468 g/mol. The third-order valence-corrected chi connectivity index (χ3v) is 6.41. The lowest BCUT2D eigenvalue weighted by Crippen LogP contribution is -2.44. The lowest BCUT2D eigenvalue weighted by Gasteiger charge is -2.32. The summed E-state index contributed by atoms with van der Waals surface area (Å²) in [6, 6.07) is 11.9. The van der Waals surface area contributed by atoms with Gasteiger partial charge in [0, 0.05) is 12.0 Å². The van der Waals surface area contributed by atoms with Crippen LogP contribution >= 0.6 is 12.2 Å². The third kappa shape index (κ3) is 5.09. The van der Waals surface area contributed by atoms with Crippen LogP contribution in [0.15, 0.2) is 53.6 Å². The second kappa shape index (κ2) is 9.13. The molecule has 1 aliphatic heterocycles. The van der Waals surface area contributed by atoms with Gasteiger partial charge in [-0.05, 0) is 73.3 Å². The Hall–Kier alpha value is -2.55. The first-order valence-corrected chi connectivity index (χ1v) is 10.9. The molecule has 1 heterocycles. The normalized spacial score (nSPS) is 23.7. The van der Waals surface area contributed by atoms with E-state index >= 15 is 0 Å². The molecule has 1 atom stereocenters. The zero-order chi connectivity index (χ0) is 22.9. The van der Waals surface area contributed by atoms with Crippen LogP contribution in [0.1, 0.15) is 42.7 Å². The molecular weight excluding hydrogens is 445 g/mol. The molecule has 0 radical (unpaired) electrons. The first-order valence-electron chi connectivity index (χ1n) is 10.5. The molecule has 9 heteroatoms. The molecule has 2 aromatic carbocycles. The maximum atomic E-state index is 13.4. The molecule has 1 saturated carbocycles. The van der Waals surface area contributed by atoms with Gasteiger partial charge in [-0.1, -0.05) is 24.3 Å². The largest absolute Gasteiger partial charge is 0.391 e. The molecule has 2 aromatic rings. The maximum Gasteiger partial charge on any atom is 0.391 e. The molecule has 2 aliphatic rings. The molecule has 0 aromatic heterocycles. The number of benzene rings is 2. The maximum absolute atomic E-state index is 13.4. The van der Waals surface area contributed by atoms with Crippen LogP contribution in [-0.4, -0.2) is 34.6 Å². The van der Waals surface area contributed by atoms with Crippen molar-refractivity contribution < 1.29 is 22.0 Å². The van der Waals surface area contributed by atoms with E-state index in [2.05, 4.69) is 10.4 Å². The van der Waals surface area contributed by atoms with Crippen LogP contribution in [0.2, 0.25) is 0 Å². The number of rotatable bonds is 3. The lowest BCUT2D eigenvalue weighted by molar-refractivity contribution is -0.182. The highest BCUT2D eigenvalue weighted by molar-refractivity contribution is 7.80. The number of nitrogens with zero attached hydrogens (tertiary/aromatic N) is 2. The van der Waals surface area contributed by atoms with Gasteiger partial charge in [-0.2, -0.15) is 18.3 Å². The molecular formula is C23H22F5N3S. The highest BCUT2D eigenvalue weighted by Crippen LogP contribution is 2.37. The molecule has 170 valence electrons. The molecule has 1 unspecified atom stereocenters. The van der Waals surface area contributed by atoms with Crippen LogP contribution in [-0.2, 0) is 0 Å². The first kappa shape index (κ1) is 22.6. The topological polar surface area (TPSA) is 27.6 Å². The second-order valence-electron chi connectivity index (χ2n) is 8.22. The van der Waals surface area contributed by atoms with E-state index < -0.39 is 12.1 Å². The van der Waals surface area contributed by atoms with E-state index in [1.54, 1.807) is 29.3 Å². The molecule has 0 bridgehead atoms. The van der Waals surface area contributed by atoms with Gasteiger partial charge in [-0.3, -0.25) is 0 Å². The van der Waals surface area contributed by atoms with Crippen molar-refractivity contribution in [3.63, 3.8) is 0 Å². The van der Waals surface area contributed by atoms with Crippen LogP contribution in [0.3, 0.4) is 0 Å². The van der Waals surface area contributed by atoms with Gasteiger partial charge in [-0.25, -0.2) is 13.8 Å². The van der Waals surface area contributed by atoms with Crippen molar-refractivity contribution in [1.82, 2.24) is 10.3 Å². The predicted octanol–water partition coefficient (Wildman–Crippen LogP) is 5.76. The Bertz CT molecular complexity index is 980. The van der Waals surface area contributed by atoms with Gasteiger partial charge in [-0.15, -0.1) is 0 Å². The van der Waals surface area contributed by atoms with E-state index in [0.717, 1.165) is 11.1 Å². The van der Waals surface area contributed by atoms with Crippen LogP contribution in [0.5, 0.6) is 0 Å². The Morgan fingerprint density at radius 3 is 2.03 bits per heavy atom. The Kier molecular flexibility index (Phi) is 6.46. The zero-order valence-corrected chi connectivity index (χ0v) is 17.9. The van der Waals surface area contributed by atoms with Crippen LogP contribution in [0.4, 0.5) is 22.0 Å². The first-order chi connectivity index (χ1) is 15.2. The number of hydrazone groups is 1. The molecule has 1 N–H and O–H groups in total. The van der Waals surface area contributed by atoms with E-state index in [1.165, 1.54) is 24.3 Å². The molecule has 1 fully saturated rings. The summed E-state index contributed by atoms with van der Waals surface area (Å²) in [6.07, 6.45) is -3.24. The SMILES string of the molecule is Fc1ccc(C2=NN(C(=S)NC3CCC(C(F)(F)F)CC3)CC2c2ccc(F)cc2)cc1. The molecule has 0 amide bonds. The third-order valence-electron chi connectivity index (χ3n) is 6.08. The van der Waals surface area contributed by atoms with E-state index in [-0.39, 0.29) is 36.4 Å². The van der Waals surface area contributed by atoms with Gasteiger partial charge >= 0.3 is 6.18 Å². The monoisotopic (exact) mass is 467 g/mol. The lowest BCUT2D eigenvalue weighted by atomic mass is 9.86.